The normalized spacial score (nSPS) is 15.7. The van der Waals surface area contributed by atoms with Gasteiger partial charge in [-0.3, -0.25) is 4.90 Å². The van der Waals surface area contributed by atoms with Gasteiger partial charge in [0.25, 0.3) is 5.89 Å². The number of aromatic nitrogens is 3. The smallest absolute Gasteiger partial charge is 0.261 e. The summed E-state index contributed by atoms with van der Waals surface area (Å²) < 4.78 is 19.5. The van der Waals surface area contributed by atoms with Gasteiger partial charge in [-0.15, -0.1) is 0 Å². The zero-order chi connectivity index (χ0) is 20.2. The van der Waals surface area contributed by atoms with Gasteiger partial charge in [0.1, 0.15) is 11.6 Å². The van der Waals surface area contributed by atoms with Crippen molar-refractivity contribution in [3.63, 3.8) is 0 Å². The molecule has 0 bridgehead atoms. The second kappa shape index (κ2) is 8.69. The first-order chi connectivity index (χ1) is 14.1. The standard InChI is InChI=1S/C22H26FN5O/c1-16(2)20-25-22(29-26-20)18-8-5-10-24-21(18)28-12-6-11-27(13-14-28)15-17-7-3-4-9-19(17)23/h3-5,7-10,16H,6,11-15H2,1-2H3. The van der Waals surface area contributed by atoms with Gasteiger partial charge >= 0.3 is 0 Å². The highest BCUT2D eigenvalue weighted by Crippen LogP contribution is 2.29. The van der Waals surface area contributed by atoms with Crippen LogP contribution in [0.2, 0.25) is 0 Å². The molecule has 1 fully saturated rings. The van der Waals surface area contributed by atoms with Gasteiger partial charge in [-0.2, -0.15) is 4.98 Å². The molecular weight excluding hydrogens is 369 g/mol. The molecule has 3 aromatic rings. The molecule has 1 aromatic carbocycles. The molecule has 1 aliphatic rings. The fourth-order valence-electron chi connectivity index (χ4n) is 3.60. The first-order valence-electron chi connectivity index (χ1n) is 10.1. The summed E-state index contributed by atoms with van der Waals surface area (Å²) in [4.78, 5) is 13.7. The van der Waals surface area contributed by atoms with Crippen LogP contribution in [0, 0.1) is 5.82 Å². The molecule has 0 N–H and O–H groups in total. The number of halogens is 1. The van der Waals surface area contributed by atoms with Crippen molar-refractivity contribution in [3.8, 4) is 11.5 Å². The van der Waals surface area contributed by atoms with Crippen LogP contribution in [0.25, 0.3) is 11.5 Å². The molecule has 3 heterocycles. The number of benzene rings is 1. The Balaban J connectivity index is 1.50. The number of hydrogen-bond donors (Lipinski definition) is 0. The van der Waals surface area contributed by atoms with Gasteiger partial charge in [-0.1, -0.05) is 37.2 Å². The van der Waals surface area contributed by atoms with Crippen molar-refractivity contribution in [2.24, 2.45) is 0 Å². The predicted molar refractivity (Wildman–Crippen MR) is 110 cm³/mol. The van der Waals surface area contributed by atoms with E-state index >= 15 is 0 Å². The van der Waals surface area contributed by atoms with E-state index in [0.29, 0.717) is 18.3 Å². The van der Waals surface area contributed by atoms with Crippen LogP contribution in [0.3, 0.4) is 0 Å². The zero-order valence-electron chi connectivity index (χ0n) is 16.9. The van der Waals surface area contributed by atoms with E-state index in [0.717, 1.165) is 49.5 Å². The Labute approximate surface area is 170 Å². The Morgan fingerprint density at radius 3 is 2.72 bits per heavy atom. The monoisotopic (exact) mass is 395 g/mol. The lowest BCUT2D eigenvalue weighted by Crippen LogP contribution is -2.31. The molecule has 1 aliphatic heterocycles. The molecule has 0 spiro atoms. The molecular formula is C22H26FN5O. The Bertz CT molecular complexity index is 958. The van der Waals surface area contributed by atoms with E-state index in [1.807, 2.05) is 38.1 Å². The Kier molecular flexibility index (Phi) is 5.85. The summed E-state index contributed by atoms with van der Waals surface area (Å²) in [7, 11) is 0. The van der Waals surface area contributed by atoms with Gasteiger partial charge in [0.15, 0.2) is 5.82 Å². The molecule has 4 rings (SSSR count). The highest BCUT2D eigenvalue weighted by atomic mass is 19.1. The maximum Gasteiger partial charge on any atom is 0.261 e. The maximum absolute atomic E-state index is 14.0. The first kappa shape index (κ1) is 19.5. The van der Waals surface area contributed by atoms with Crippen LogP contribution in [-0.4, -0.2) is 46.2 Å². The van der Waals surface area contributed by atoms with Gasteiger partial charge < -0.3 is 9.42 Å². The van der Waals surface area contributed by atoms with Crippen molar-refractivity contribution in [2.45, 2.75) is 32.7 Å². The van der Waals surface area contributed by atoms with Crippen molar-refractivity contribution in [3.05, 3.63) is 59.8 Å². The van der Waals surface area contributed by atoms with E-state index in [1.165, 1.54) is 6.07 Å². The molecule has 0 amide bonds. The number of hydrogen-bond acceptors (Lipinski definition) is 6. The van der Waals surface area contributed by atoms with Crippen molar-refractivity contribution < 1.29 is 8.91 Å². The predicted octanol–water partition coefficient (Wildman–Crippen LogP) is 4.11. The van der Waals surface area contributed by atoms with Crippen LogP contribution in [0.5, 0.6) is 0 Å². The second-order valence-electron chi connectivity index (χ2n) is 7.70. The lowest BCUT2D eigenvalue weighted by atomic mass is 10.2. The Morgan fingerprint density at radius 2 is 1.93 bits per heavy atom. The third-order valence-electron chi connectivity index (χ3n) is 5.22. The minimum absolute atomic E-state index is 0.141. The lowest BCUT2D eigenvalue weighted by molar-refractivity contribution is 0.281. The zero-order valence-corrected chi connectivity index (χ0v) is 16.9. The van der Waals surface area contributed by atoms with Crippen LogP contribution >= 0.6 is 0 Å². The number of rotatable bonds is 5. The third-order valence-corrected chi connectivity index (χ3v) is 5.22. The SMILES string of the molecule is CC(C)c1noc(-c2cccnc2N2CCCN(Cc3ccccc3F)CC2)n1. The minimum Gasteiger partial charge on any atom is -0.355 e. The van der Waals surface area contributed by atoms with Crippen molar-refractivity contribution in [2.75, 3.05) is 31.1 Å². The molecule has 6 nitrogen and oxygen atoms in total. The summed E-state index contributed by atoms with van der Waals surface area (Å²) in [5.74, 6) is 2.13. The molecule has 1 saturated heterocycles. The summed E-state index contributed by atoms with van der Waals surface area (Å²) in [6, 6.07) is 10.9. The lowest BCUT2D eigenvalue weighted by Gasteiger charge is -2.24. The Hall–Kier alpha value is -2.80. The fourth-order valence-corrected chi connectivity index (χ4v) is 3.60. The van der Waals surface area contributed by atoms with Gasteiger partial charge in [-0.05, 0) is 24.6 Å². The molecule has 0 atom stereocenters. The van der Waals surface area contributed by atoms with E-state index in [4.69, 9.17) is 4.52 Å². The molecule has 29 heavy (non-hydrogen) atoms. The van der Waals surface area contributed by atoms with Crippen LogP contribution < -0.4 is 4.90 Å². The number of nitrogens with zero attached hydrogens (tertiary/aromatic N) is 5. The number of pyridine rings is 1. The van der Waals surface area contributed by atoms with E-state index < -0.39 is 0 Å². The summed E-state index contributed by atoms with van der Waals surface area (Å²) in [5, 5.41) is 4.09. The van der Waals surface area contributed by atoms with Gasteiger partial charge in [0.2, 0.25) is 0 Å². The summed E-state index contributed by atoms with van der Waals surface area (Å²) in [6.07, 6.45) is 2.77. The first-order valence-corrected chi connectivity index (χ1v) is 10.1. The average molecular weight is 395 g/mol. The second-order valence-corrected chi connectivity index (χ2v) is 7.70. The summed E-state index contributed by atoms with van der Waals surface area (Å²) >= 11 is 0. The van der Waals surface area contributed by atoms with Crippen LogP contribution in [0.1, 0.15) is 37.6 Å². The molecule has 0 radical (unpaired) electrons. The third kappa shape index (κ3) is 4.45. The highest BCUT2D eigenvalue weighted by molar-refractivity contribution is 5.69. The quantitative estimate of drug-likeness (QED) is 0.648. The largest absolute Gasteiger partial charge is 0.355 e. The van der Waals surface area contributed by atoms with E-state index in [1.54, 1.807) is 12.3 Å². The average Bonchev–Trinajstić information content (AvgIpc) is 3.11. The van der Waals surface area contributed by atoms with Crippen molar-refractivity contribution >= 4 is 5.82 Å². The van der Waals surface area contributed by atoms with Crippen molar-refractivity contribution in [1.82, 2.24) is 20.0 Å². The molecule has 0 aliphatic carbocycles. The fraction of sp³-hybridized carbons (Fsp3) is 0.409. The van der Waals surface area contributed by atoms with Crippen molar-refractivity contribution in [1.29, 1.82) is 0 Å². The molecule has 7 heteroatoms. The topological polar surface area (TPSA) is 58.3 Å². The molecule has 0 unspecified atom stereocenters. The van der Waals surface area contributed by atoms with Gasteiger partial charge in [0.05, 0.1) is 5.56 Å². The van der Waals surface area contributed by atoms with E-state index in [-0.39, 0.29) is 11.7 Å². The van der Waals surface area contributed by atoms with E-state index in [9.17, 15) is 4.39 Å². The van der Waals surface area contributed by atoms with Crippen LogP contribution in [0.15, 0.2) is 47.1 Å². The van der Waals surface area contributed by atoms with Gasteiger partial charge in [0, 0.05) is 50.4 Å². The molecule has 152 valence electrons. The van der Waals surface area contributed by atoms with Crippen LogP contribution in [-0.2, 0) is 6.54 Å². The highest BCUT2D eigenvalue weighted by Gasteiger charge is 2.22. The number of anilines is 1. The van der Waals surface area contributed by atoms with Crippen LogP contribution in [0.4, 0.5) is 10.2 Å². The van der Waals surface area contributed by atoms with E-state index in [2.05, 4.69) is 24.9 Å². The molecule has 0 saturated carbocycles. The molecule has 2 aromatic heterocycles. The minimum atomic E-state index is -0.141. The summed E-state index contributed by atoms with van der Waals surface area (Å²) in [5.41, 5.74) is 1.60. The summed E-state index contributed by atoms with van der Waals surface area (Å²) in [6.45, 7) is 8.15. The van der Waals surface area contributed by atoms with Gasteiger partial charge in [-0.25, -0.2) is 9.37 Å². The Morgan fingerprint density at radius 1 is 1.07 bits per heavy atom. The maximum atomic E-state index is 14.0.